The van der Waals surface area contributed by atoms with Crippen molar-refractivity contribution >= 4 is 22.6 Å². The molecule has 0 radical (unpaired) electrons. The van der Waals surface area contributed by atoms with Crippen LogP contribution in [-0.2, 0) is 6.42 Å². The molecule has 6 aromatic carbocycles. The lowest BCUT2D eigenvalue weighted by Gasteiger charge is -2.29. The van der Waals surface area contributed by atoms with E-state index >= 15 is 0 Å². The van der Waals surface area contributed by atoms with E-state index in [1.165, 1.54) is 38.9 Å². The summed E-state index contributed by atoms with van der Waals surface area (Å²) in [4.78, 5) is 15.1. The molecule has 0 saturated heterocycles. The molecule has 0 aliphatic heterocycles. The summed E-state index contributed by atoms with van der Waals surface area (Å²) in [7, 11) is 0. The van der Waals surface area contributed by atoms with Crippen LogP contribution >= 0.6 is 0 Å². The smallest absolute Gasteiger partial charge is 0.164 e. The molecule has 2 aliphatic carbocycles. The number of hydrogen-bond donors (Lipinski definition) is 0. The fraction of sp³-hybridized carbons (Fsp3) is 0.0851. The highest BCUT2D eigenvalue weighted by molar-refractivity contribution is 5.92. The number of benzene rings is 6. The molecule has 2 unspecified atom stereocenters. The summed E-state index contributed by atoms with van der Waals surface area (Å²) in [6.45, 7) is 0. The number of rotatable bonds is 5. The molecule has 2 aromatic heterocycles. The Labute approximate surface area is 296 Å². The second-order valence-electron chi connectivity index (χ2n) is 13.5. The first-order valence-electron chi connectivity index (χ1n) is 17.6. The predicted octanol–water partition coefficient (Wildman–Crippen LogP) is 11.4. The Bertz CT molecular complexity index is 2530. The molecule has 0 fully saturated rings. The minimum Gasteiger partial charge on any atom is -0.456 e. The SMILES string of the molecule is C1=C(c2nc(-c3ccccc3)nc(-c3ccccc3)n2)CC(c2ccc(C3Cc4ccccc4-c4ccccc43)cc2)c2c1oc1ccccc21. The number of para-hydroxylation sites is 1. The molecule has 2 heterocycles. The summed E-state index contributed by atoms with van der Waals surface area (Å²) in [5.74, 6) is 3.22. The third-order valence-electron chi connectivity index (χ3n) is 10.5. The highest BCUT2D eigenvalue weighted by atomic mass is 16.3. The van der Waals surface area contributed by atoms with Crippen LogP contribution in [0, 0.1) is 0 Å². The fourth-order valence-electron chi connectivity index (χ4n) is 8.08. The number of fused-ring (bicyclic) bond motifs is 6. The topological polar surface area (TPSA) is 51.8 Å². The minimum absolute atomic E-state index is 0.0641. The molecular formula is C47H33N3O. The molecular weight excluding hydrogens is 623 g/mol. The number of furan rings is 1. The van der Waals surface area contributed by atoms with Crippen LogP contribution in [0.5, 0.6) is 0 Å². The summed E-state index contributed by atoms with van der Waals surface area (Å²) < 4.78 is 6.57. The van der Waals surface area contributed by atoms with E-state index in [9.17, 15) is 0 Å². The highest BCUT2D eigenvalue weighted by Gasteiger charge is 2.31. The van der Waals surface area contributed by atoms with Gasteiger partial charge in [0.15, 0.2) is 17.5 Å². The molecule has 242 valence electrons. The van der Waals surface area contributed by atoms with Crippen LogP contribution in [0.1, 0.15) is 57.7 Å². The summed E-state index contributed by atoms with van der Waals surface area (Å²) in [5, 5.41) is 1.15. The number of nitrogens with zero attached hydrogens (tertiary/aromatic N) is 3. The average Bonchev–Trinajstić information content (AvgIpc) is 3.59. The normalized spacial score (nSPS) is 16.2. The maximum Gasteiger partial charge on any atom is 0.164 e. The lowest BCUT2D eigenvalue weighted by Crippen LogP contribution is -2.13. The van der Waals surface area contributed by atoms with Crippen LogP contribution in [0.25, 0.3) is 56.5 Å². The first-order valence-corrected chi connectivity index (χ1v) is 17.6. The second-order valence-corrected chi connectivity index (χ2v) is 13.5. The third kappa shape index (κ3) is 5.19. The highest BCUT2D eigenvalue weighted by Crippen LogP contribution is 2.47. The number of hydrogen-bond acceptors (Lipinski definition) is 4. The molecule has 0 amide bonds. The van der Waals surface area contributed by atoms with Crippen LogP contribution < -0.4 is 0 Å². The van der Waals surface area contributed by atoms with Crippen LogP contribution in [0.2, 0.25) is 0 Å². The molecule has 4 heteroatoms. The Morgan fingerprint density at radius 2 is 1.04 bits per heavy atom. The molecule has 10 rings (SSSR count). The van der Waals surface area contributed by atoms with Gasteiger partial charge in [0.1, 0.15) is 11.3 Å². The summed E-state index contributed by atoms with van der Waals surface area (Å²) in [5.41, 5.74) is 13.1. The van der Waals surface area contributed by atoms with Crippen molar-refractivity contribution in [2.75, 3.05) is 0 Å². The van der Waals surface area contributed by atoms with Crippen LogP contribution in [0.4, 0.5) is 0 Å². The van der Waals surface area contributed by atoms with Crippen molar-refractivity contribution in [3.63, 3.8) is 0 Å². The lowest BCUT2D eigenvalue weighted by atomic mass is 9.75. The van der Waals surface area contributed by atoms with Gasteiger partial charge in [-0.05, 0) is 58.4 Å². The third-order valence-corrected chi connectivity index (χ3v) is 10.5. The van der Waals surface area contributed by atoms with Gasteiger partial charge in [-0.1, -0.05) is 152 Å². The molecule has 0 spiro atoms. The molecule has 2 atom stereocenters. The Hall–Kier alpha value is -6.39. The van der Waals surface area contributed by atoms with Gasteiger partial charge in [-0.15, -0.1) is 0 Å². The zero-order valence-corrected chi connectivity index (χ0v) is 27.9. The number of allylic oxidation sites excluding steroid dienone is 1. The lowest BCUT2D eigenvalue weighted by molar-refractivity contribution is 0.590. The molecule has 0 bridgehead atoms. The molecule has 8 aromatic rings. The second kappa shape index (κ2) is 12.2. The van der Waals surface area contributed by atoms with Crippen molar-refractivity contribution in [2.45, 2.75) is 24.7 Å². The van der Waals surface area contributed by atoms with Gasteiger partial charge in [0.25, 0.3) is 0 Å². The van der Waals surface area contributed by atoms with Gasteiger partial charge in [-0.25, -0.2) is 15.0 Å². The Kier molecular flexibility index (Phi) is 7.05. The van der Waals surface area contributed by atoms with Crippen LogP contribution in [0.15, 0.2) is 162 Å². The molecule has 0 saturated carbocycles. The van der Waals surface area contributed by atoms with Gasteiger partial charge < -0.3 is 4.42 Å². The quantitative estimate of drug-likeness (QED) is 0.185. The van der Waals surface area contributed by atoms with E-state index in [2.05, 4.69) is 97.1 Å². The van der Waals surface area contributed by atoms with Gasteiger partial charge in [-0.2, -0.15) is 0 Å². The van der Waals surface area contributed by atoms with E-state index < -0.39 is 0 Å². The standard InChI is InChI=1S/C47H33N3O/c1-3-13-32(14-4-1)45-48-46(33-15-5-2-6-16-33)50-47(49-45)35-28-41(44-39-21-11-12-22-42(39)51-43(44)29-35)31-25-23-30(24-26-31)40-27-34-17-7-8-18-36(34)37-19-9-10-20-38(37)40/h1-26,29,40-41H,27-28H2. The molecule has 4 nitrogen and oxygen atoms in total. The fourth-order valence-corrected chi connectivity index (χ4v) is 8.08. The van der Waals surface area contributed by atoms with E-state index in [0.717, 1.165) is 46.3 Å². The van der Waals surface area contributed by atoms with Gasteiger partial charge >= 0.3 is 0 Å². The van der Waals surface area contributed by atoms with Crippen molar-refractivity contribution < 1.29 is 4.42 Å². The predicted molar refractivity (Wildman–Crippen MR) is 205 cm³/mol. The van der Waals surface area contributed by atoms with Gasteiger partial charge in [0, 0.05) is 39.5 Å². The first kappa shape index (κ1) is 29.5. The Balaban J connectivity index is 1.07. The van der Waals surface area contributed by atoms with E-state index in [0.29, 0.717) is 23.4 Å². The maximum atomic E-state index is 6.57. The largest absolute Gasteiger partial charge is 0.456 e. The average molecular weight is 656 g/mol. The van der Waals surface area contributed by atoms with Crippen molar-refractivity contribution in [3.05, 3.63) is 197 Å². The maximum absolute atomic E-state index is 6.57. The first-order chi connectivity index (χ1) is 25.3. The minimum atomic E-state index is 0.0641. The molecule has 2 aliphatic rings. The zero-order chi connectivity index (χ0) is 33.7. The van der Waals surface area contributed by atoms with Crippen LogP contribution in [-0.4, -0.2) is 15.0 Å². The summed E-state index contributed by atoms with van der Waals surface area (Å²) in [6.07, 6.45) is 3.88. The van der Waals surface area contributed by atoms with Gasteiger partial charge in [-0.3, -0.25) is 0 Å². The van der Waals surface area contributed by atoms with Crippen molar-refractivity contribution in [3.8, 4) is 33.9 Å². The van der Waals surface area contributed by atoms with Gasteiger partial charge in [0.2, 0.25) is 0 Å². The van der Waals surface area contributed by atoms with E-state index in [4.69, 9.17) is 19.4 Å². The Morgan fingerprint density at radius 1 is 0.471 bits per heavy atom. The van der Waals surface area contributed by atoms with Crippen molar-refractivity contribution in [1.82, 2.24) is 15.0 Å². The van der Waals surface area contributed by atoms with E-state index in [1.807, 2.05) is 66.7 Å². The summed E-state index contributed by atoms with van der Waals surface area (Å²) in [6, 6.07) is 55.7. The monoisotopic (exact) mass is 655 g/mol. The molecule has 51 heavy (non-hydrogen) atoms. The number of aromatic nitrogens is 3. The van der Waals surface area contributed by atoms with Crippen LogP contribution in [0.3, 0.4) is 0 Å². The van der Waals surface area contributed by atoms with Crippen molar-refractivity contribution in [2.24, 2.45) is 0 Å². The zero-order valence-electron chi connectivity index (χ0n) is 27.9. The molecule has 0 N–H and O–H groups in total. The summed E-state index contributed by atoms with van der Waals surface area (Å²) >= 11 is 0. The van der Waals surface area contributed by atoms with Crippen molar-refractivity contribution in [1.29, 1.82) is 0 Å². The van der Waals surface area contributed by atoms with E-state index in [1.54, 1.807) is 0 Å². The van der Waals surface area contributed by atoms with Gasteiger partial charge in [0.05, 0.1) is 0 Å². The Morgan fingerprint density at radius 3 is 1.76 bits per heavy atom. The van der Waals surface area contributed by atoms with E-state index in [-0.39, 0.29) is 5.92 Å².